The molecule has 0 saturated carbocycles. The van der Waals surface area contributed by atoms with E-state index in [-0.39, 0.29) is 11.2 Å². The predicted octanol–water partition coefficient (Wildman–Crippen LogP) is 3.12. The fourth-order valence-electron chi connectivity index (χ4n) is 2.23. The molecule has 0 aromatic heterocycles. The summed E-state index contributed by atoms with van der Waals surface area (Å²) in [5.74, 6) is -0.263. The maximum absolute atomic E-state index is 12.9. The van der Waals surface area contributed by atoms with Crippen LogP contribution >= 0.6 is 11.6 Å². The highest BCUT2D eigenvalue weighted by Crippen LogP contribution is 2.37. The smallest absolute Gasteiger partial charge is 0.124 e. The van der Waals surface area contributed by atoms with Gasteiger partial charge in [-0.3, -0.25) is 0 Å². The summed E-state index contributed by atoms with van der Waals surface area (Å²) in [6.45, 7) is 4.21. The summed E-state index contributed by atoms with van der Waals surface area (Å²) in [6, 6.07) is 4.72. The molecule has 1 fully saturated rings. The standard InChI is InChI=1S/C12H15ClFN/c1-12(4-6-15-7-5-12)10-3-2-9(14)8-11(10)13/h2-3,8,15H,4-7H2,1H3. The third-order valence-corrected chi connectivity index (χ3v) is 3.60. The molecule has 2 rings (SSSR count). The van der Waals surface area contributed by atoms with Gasteiger partial charge in [0.2, 0.25) is 0 Å². The molecule has 0 spiro atoms. The molecule has 1 heterocycles. The molecule has 0 atom stereocenters. The molecule has 0 aliphatic carbocycles. The Balaban J connectivity index is 2.35. The lowest BCUT2D eigenvalue weighted by Crippen LogP contribution is -2.37. The molecule has 1 aliphatic rings. The van der Waals surface area contributed by atoms with E-state index in [1.54, 1.807) is 0 Å². The quantitative estimate of drug-likeness (QED) is 0.778. The summed E-state index contributed by atoms with van der Waals surface area (Å²) in [7, 11) is 0. The molecule has 1 nitrogen and oxygen atoms in total. The van der Waals surface area contributed by atoms with E-state index in [4.69, 9.17) is 11.6 Å². The van der Waals surface area contributed by atoms with Crippen LogP contribution in [0.5, 0.6) is 0 Å². The molecule has 1 aromatic rings. The van der Waals surface area contributed by atoms with Crippen LogP contribution in [0.2, 0.25) is 5.02 Å². The SMILES string of the molecule is CC1(c2ccc(F)cc2Cl)CCNCC1. The Morgan fingerprint density at radius 2 is 2.00 bits per heavy atom. The number of piperidine rings is 1. The number of nitrogens with one attached hydrogen (secondary N) is 1. The normalized spacial score (nSPS) is 20.2. The van der Waals surface area contributed by atoms with Gasteiger partial charge < -0.3 is 5.32 Å². The molecule has 0 amide bonds. The zero-order valence-electron chi connectivity index (χ0n) is 8.82. The van der Waals surface area contributed by atoms with E-state index < -0.39 is 0 Å². The Hall–Kier alpha value is -0.600. The van der Waals surface area contributed by atoms with E-state index in [0.717, 1.165) is 31.5 Å². The highest BCUT2D eigenvalue weighted by atomic mass is 35.5. The molecule has 1 aliphatic heterocycles. The van der Waals surface area contributed by atoms with E-state index in [2.05, 4.69) is 12.2 Å². The molecule has 3 heteroatoms. The van der Waals surface area contributed by atoms with Crippen molar-refractivity contribution in [2.45, 2.75) is 25.2 Å². The van der Waals surface area contributed by atoms with Crippen LogP contribution in [0.3, 0.4) is 0 Å². The summed E-state index contributed by atoms with van der Waals surface area (Å²) >= 11 is 6.09. The summed E-state index contributed by atoms with van der Waals surface area (Å²) < 4.78 is 12.9. The Morgan fingerprint density at radius 1 is 1.33 bits per heavy atom. The highest BCUT2D eigenvalue weighted by molar-refractivity contribution is 6.31. The first kappa shape index (κ1) is 10.9. The maximum atomic E-state index is 12.9. The van der Waals surface area contributed by atoms with Crippen LogP contribution in [-0.4, -0.2) is 13.1 Å². The molecule has 1 saturated heterocycles. The van der Waals surface area contributed by atoms with E-state index in [1.165, 1.54) is 12.1 Å². The van der Waals surface area contributed by atoms with E-state index in [0.29, 0.717) is 5.02 Å². The number of hydrogen-bond donors (Lipinski definition) is 1. The first-order valence-corrected chi connectivity index (χ1v) is 5.66. The number of hydrogen-bond acceptors (Lipinski definition) is 1. The van der Waals surface area contributed by atoms with E-state index in [1.807, 2.05) is 6.07 Å². The van der Waals surface area contributed by atoms with Crippen LogP contribution in [0.15, 0.2) is 18.2 Å². The fraction of sp³-hybridized carbons (Fsp3) is 0.500. The van der Waals surface area contributed by atoms with E-state index in [9.17, 15) is 4.39 Å². The first-order valence-electron chi connectivity index (χ1n) is 5.28. The van der Waals surface area contributed by atoms with Crippen molar-refractivity contribution in [2.24, 2.45) is 0 Å². The average Bonchev–Trinajstić information content (AvgIpc) is 2.18. The molecule has 1 aromatic carbocycles. The molecular weight excluding hydrogens is 213 g/mol. The molecule has 1 N–H and O–H groups in total. The van der Waals surface area contributed by atoms with Gasteiger partial charge in [0, 0.05) is 5.02 Å². The van der Waals surface area contributed by atoms with Gasteiger partial charge in [-0.15, -0.1) is 0 Å². The maximum Gasteiger partial charge on any atom is 0.124 e. The lowest BCUT2D eigenvalue weighted by molar-refractivity contribution is 0.335. The fourth-order valence-corrected chi connectivity index (χ4v) is 2.62. The van der Waals surface area contributed by atoms with Crippen LogP contribution < -0.4 is 5.32 Å². The monoisotopic (exact) mass is 227 g/mol. The van der Waals surface area contributed by atoms with Crippen molar-refractivity contribution in [3.05, 3.63) is 34.6 Å². The second kappa shape index (κ2) is 4.11. The van der Waals surface area contributed by atoms with Gasteiger partial charge in [0.25, 0.3) is 0 Å². The summed E-state index contributed by atoms with van der Waals surface area (Å²) in [4.78, 5) is 0. The van der Waals surface area contributed by atoms with Gasteiger partial charge in [-0.2, -0.15) is 0 Å². The minimum Gasteiger partial charge on any atom is -0.317 e. The van der Waals surface area contributed by atoms with Crippen LogP contribution in [0, 0.1) is 5.82 Å². The number of rotatable bonds is 1. The summed E-state index contributed by atoms with van der Waals surface area (Å²) in [5.41, 5.74) is 1.17. The molecule has 0 bridgehead atoms. The zero-order valence-corrected chi connectivity index (χ0v) is 9.57. The van der Waals surface area contributed by atoms with Gasteiger partial charge in [0.15, 0.2) is 0 Å². The second-order valence-electron chi connectivity index (χ2n) is 4.43. The Morgan fingerprint density at radius 3 is 2.60 bits per heavy atom. The average molecular weight is 228 g/mol. The van der Waals surface area contributed by atoms with E-state index >= 15 is 0 Å². The molecule has 0 radical (unpaired) electrons. The summed E-state index contributed by atoms with van der Waals surface area (Å²) in [5, 5.41) is 3.88. The van der Waals surface area contributed by atoms with Gasteiger partial charge in [-0.05, 0) is 49.0 Å². The van der Waals surface area contributed by atoms with Crippen molar-refractivity contribution >= 4 is 11.6 Å². The predicted molar refractivity (Wildman–Crippen MR) is 60.9 cm³/mol. The Labute approximate surface area is 94.6 Å². The Kier molecular flexibility index (Phi) is 2.98. The zero-order chi connectivity index (χ0) is 10.9. The highest BCUT2D eigenvalue weighted by Gasteiger charge is 2.30. The van der Waals surface area contributed by atoms with Crippen LogP contribution in [0.4, 0.5) is 4.39 Å². The molecular formula is C12H15ClFN. The largest absolute Gasteiger partial charge is 0.317 e. The number of benzene rings is 1. The minimum atomic E-state index is -0.263. The van der Waals surface area contributed by atoms with Crippen molar-refractivity contribution in [1.82, 2.24) is 5.32 Å². The van der Waals surface area contributed by atoms with Crippen molar-refractivity contribution in [2.75, 3.05) is 13.1 Å². The molecule has 82 valence electrons. The van der Waals surface area contributed by atoms with Gasteiger partial charge in [-0.1, -0.05) is 24.6 Å². The van der Waals surface area contributed by atoms with Gasteiger partial charge >= 0.3 is 0 Å². The lowest BCUT2D eigenvalue weighted by atomic mass is 9.75. The third kappa shape index (κ3) is 2.16. The van der Waals surface area contributed by atoms with Crippen molar-refractivity contribution in [3.63, 3.8) is 0 Å². The van der Waals surface area contributed by atoms with Crippen LogP contribution in [0.25, 0.3) is 0 Å². The van der Waals surface area contributed by atoms with Crippen molar-refractivity contribution < 1.29 is 4.39 Å². The third-order valence-electron chi connectivity index (χ3n) is 3.29. The number of halogens is 2. The van der Waals surface area contributed by atoms with Crippen molar-refractivity contribution in [3.8, 4) is 0 Å². The van der Waals surface area contributed by atoms with Crippen LogP contribution in [0.1, 0.15) is 25.3 Å². The summed E-state index contributed by atoms with van der Waals surface area (Å²) in [6.07, 6.45) is 2.11. The molecule has 15 heavy (non-hydrogen) atoms. The van der Waals surface area contributed by atoms with Gasteiger partial charge in [0.1, 0.15) is 5.82 Å². The van der Waals surface area contributed by atoms with Gasteiger partial charge in [0.05, 0.1) is 0 Å². The minimum absolute atomic E-state index is 0.0933. The topological polar surface area (TPSA) is 12.0 Å². The van der Waals surface area contributed by atoms with Gasteiger partial charge in [-0.25, -0.2) is 4.39 Å². The first-order chi connectivity index (χ1) is 7.12. The van der Waals surface area contributed by atoms with Crippen LogP contribution in [-0.2, 0) is 5.41 Å². The second-order valence-corrected chi connectivity index (χ2v) is 4.84. The van der Waals surface area contributed by atoms with Crippen molar-refractivity contribution in [1.29, 1.82) is 0 Å². The lowest BCUT2D eigenvalue weighted by Gasteiger charge is -2.35. The molecule has 0 unspecified atom stereocenters. The Bertz CT molecular complexity index is 359.